The Bertz CT molecular complexity index is 428. The molecule has 2 radical (unpaired) electrons. The lowest BCUT2D eigenvalue weighted by molar-refractivity contribution is -0.143. The van der Waals surface area contributed by atoms with Crippen LogP contribution in [0.25, 0.3) is 0 Å². The molecular formula is C25H47NO5. The number of ether oxygens (including phenoxy) is 3. The largest absolute Gasteiger partial charge is 0.508 e. The van der Waals surface area contributed by atoms with E-state index in [0.717, 1.165) is 32.2 Å². The number of esters is 1. The second-order valence-corrected chi connectivity index (χ2v) is 8.48. The lowest BCUT2D eigenvalue weighted by Crippen LogP contribution is -2.22. The predicted molar refractivity (Wildman–Crippen MR) is 126 cm³/mol. The van der Waals surface area contributed by atoms with Crippen molar-refractivity contribution in [1.29, 1.82) is 0 Å². The normalized spacial score (nSPS) is 12.0. The van der Waals surface area contributed by atoms with Crippen LogP contribution in [0.5, 0.6) is 0 Å². The Morgan fingerprint density at radius 2 is 1.48 bits per heavy atom. The van der Waals surface area contributed by atoms with E-state index in [2.05, 4.69) is 13.8 Å². The smallest absolute Gasteiger partial charge is 0.465 e. The van der Waals surface area contributed by atoms with Crippen LogP contribution in [0.1, 0.15) is 96.8 Å². The summed E-state index contributed by atoms with van der Waals surface area (Å²) in [4.78, 5) is 25.8. The molecule has 0 spiro atoms. The molecule has 0 aromatic rings. The summed E-state index contributed by atoms with van der Waals surface area (Å²) in [6.45, 7) is 7.17. The van der Waals surface area contributed by atoms with Crippen LogP contribution in [0.2, 0.25) is 0 Å². The highest BCUT2D eigenvalue weighted by Crippen LogP contribution is 2.16. The van der Waals surface area contributed by atoms with Gasteiger partial charge in [-0.05, 0) is 53.1 Å². The Morgan fingerprint density at radius 3 is 2.06 bits per heavy atom. The lowest BCUT2D eigenvalue weighted by atomic mass is 10.0. The third-order valence-corrected chi connectivity index (χ3v) is 5.14. The summed E-state index contributed by atoms with van der Waals surface area (Å²) in [6, 6.07) is 0. The van der Waals surface area contributed by atoms with Gasteiger partial charge in [0, 0.05) is 13.0 Å². The van der Waals surface area contributed by atoms with Crippen LogP contribution < -0.4 is 0 Å². The zero-order valence-electron chi connectivity index (χ0n) is 20.4. The van der Waals surface area contributed by atoms with Crippen molar-refractivity contribution >= 4 is 12.1 Å². The average Bonchev–Trinajstić information content (AvgIpc) is 2.74. The highest BCUT2D eigenvalue weighted by molar-refractivity contribution is 5.69. The summed E-state index contributed by atoms with van der Waals surface area (Å²) in [5.74, 6) is -0.295. The van der Waals surface area contributed by atoms with Gasteiger partial charge >= 0.3 is 12.1 Å². The van der Waals surface area contributed by atoms with Crippen LogP contribution in [0, 0.1) is 13.3 Å². The van der Waals surface area contributed by atoms with Crippen LogP contribution in [0.4, 0.5) is 4.79 Å². The highest BCUT2D eigenvalue weighted by Gasteiger charge is 2.17. The molecule has 0 amide bonds. The zero-order valence-corrected chi connectivity index (χ0v) is 20.4. The number of rotatable bonds is 21. The molecule has 1 atom stereocenters. The zero-order chi connectivity index (χ0) is 23.2. The monoisotopic (exact) mass is 441 g/mol. The molecule has 0 fully saturated rings. The van der Waals surface area contributed by atoms with E-state index >= 15 is 0 Å². The molecule has 0 N–H and O–H groups in total. The molecule has 6 nitrogen and oxygen atoms in total. The first-order valence-electron chi connectivity index (χ1n) is 12.2. The molecule has 0 saturated carbocycles. The minimum Gasteiger partial charge on any atom is -0.465 e. The van der Waals surface area contributed by atoms with Gasteiger partial charge in [0.1, 0.15) is 6.10 Å². The molecule has 0 heterocycles. The Balaban J connectivity index is 4.11. The van der Waals surface area contributed by atoms with Gasteiger partial charge < -0.3 is 19.1 Å². The molecule has 0 aromatic heterocycles. The fraction of sp³-hybridized carbons (Fsp3) is 0.840. The first kappa shape index (κ1) is 29.7. The Labute approximate surface area is 191 Å². The molecule has 0 bridgehead atoms. The van der Waals surface area contributed by atoms with Crippen LogP contribution in [0.3, 0.4) is 0 Å². The third kappa shape index (κ3) is 21.7. The minimum absolute atomic E-state index is 0.205. The first-order valence-corrected chi connectivity index (χ1v) is 12.2. The molecular weight excluding hydrogens is 394 g/mol. The van der Waals surface area contributed by atoms with Crippen molar-refractivity contribution in [3.8, 4) is 0 Å². The van der Waals surface area contributed by atoms with Gasteiger partial charge in [0.15, 0.2) is 0 Å². The second-order valence-electron chi connectivity index (χ2n) is 8.48. The van der Waals surface area contributed by atoms with Gasteiger partial charge in [-0.25, -0.2) is 4.79 Å². The van der Waals surface area contributed by atoms with Gasteiger partial charge in [-0.3, -0.25) is 4.79 Å². The summed E-state index contributed by atoms with van der Waals surface area (Å²) < 4.78 is 15.7. The molecule has 0 aliphatic carbocycles. The third-order valence-electron chi connectivity index (χ3n) is 5.14. The SMILES string of the molecule is [CH2][CH]COC(=O)CCC(CCCCCCCCCCCC)OC(=O)OCCCN(C)C. The maximum Gasteiger partial charge on any atom is 0.508 e. The predicted octanol–water partition coefficient (Wildman–Crippen LogP) is 6.13. The number of carbonyl (C=O) groups excluding carboxylic acids is 2. The molecule has 0 aliphatic rings. The first-order chi connectivity index (χ1) is 15.0. The maximum atomic E-state index is 12.0. The molecule has 6 heteroatoms. The standard InChI is InChI=1S/C25H47NO5/c1-5-7-8-9-10-11-12-13-14-15-17-23(18-19-24(27)29-21-6-2)31-25(28)30-22-16-20-26(3)4/h6,23H,2,5,7-22H2,1,3-4H3. The Morgan fingerprint density at radius 1 is 0.871 bits per heavy atom. The highest BCUT2D eigenvalue weighted by atomic mass is 16.7. The van der Waals surface area contributed by atoms with Crippen molar-refractivity contribution in [2.24, 2.45) is 0 Å². The van der Waals surface area contributed by atoms with Gasteiger partial charge in [0.2, 0.25) is 0 Å². The molecule has 0 saturated heterocycles. The van der Waals surface area contributed by atoms with E-state index in [4.69, 9.17) is 14.2 Å². The molecule has 31 heavy (non-hydrogen) atoms. The van der Waals surface area contributed by atoms with Crippen LogP contribution >= 0.6 is 0 Å². The van der Waals surface area contributed by atoms with Gasteiger partial charge in [0.25, 0.3) is 0 Å². The molecule has 0 rings (SSSR count). The number of nitrogens with zero attached hydrogens (tertiary/aromatic N) is 1. The summed E-state index contributed by atoms with van der Waals surface area (Å²) >= 11 is 0. The van der Waals surface area contributed by atoms with Crippen molar-refractivity contribution in [2.45, 2.75) is 103 Å². The second kappa shape index (κ2) is 21.9. The fourth-order valence-electron chi connectivity index (χ4n) is 3.33. The van der Waals surface area contributed by atoms with Gasteiger partial charge in [-0.2, -0.15) is 0 Å². The average molecular weight is 442 g/mol. The molecule has 1 unspecified atom stereocenters. The van der Waals surface area contributed by atoms with Crippen molar-refractivity contribution in [1.82, 2.24) is 4.90 Å². The quantitative estimate of drug-likeness (QED) is 0.158. The number of unbranched alkanes of at least 4 members (excludes halogenated alkanes) is 9. The van der Waals surface area contributed by atoms with Crippen molar-refractivity contribution in [3.63, 3.8) is 0 Å². The molecule has 182 valence electrons. The number of carbonyl (C=O) groups is 2. The van der Waals surface area contributed by atoms with Crippen molar-refractivity contribution in [2.75, 3.05) is 33.9 Å². The van der Waals surface area contributed by atoms with Gasteiger partial charge in [-0.1, -0.05) is 64.7 Å². The van der Waals surface area contributed by atoms with E-state index < -0.39 is 6.16 Å². The van der Waals surface area contributed by atoms with Crippen LogP contribution in [0.15, 0.2) is 0 Å². The van der Waals surface area contributed by atoms with E-state index in [9.17, 15) is 9.59 Å². The summed E-state index contributed by atoms with van der Waals surface area (Å²) in [7, 11) is 3.96. The molecule has 0 aliphatic heterocycles. The van der Waals surface area contributed by atoms with Crippen molar-refractivity contribution in [3.05, 3.63) is 13.3 Å². The summed E-state index contributed by atoms with van der Waals surface area (Å²) in [6.07, 6.45) is 15.3. The summed E-state index contributed by atoms with van der Waals surface area (Å²) in [5, 5.41) is 0. The summed E-state index contributed by atoms with van der Waals surface area (Å²) in [5.41, 5.74) is 0. The van der Waals surface area contributed by atoms with E-state index in [1.165, 1.54) is 51.4 Å². The fourth-order valence-corrected chi connectivity index (χ4v) is 3.33. The van der Waals surface area contributed by atoms with Gasteiger partial charge in [-0.15, -0.1) is 0 Å². The van der Waals surface area contributed by atoms with E-state index in [-0.39, 0.29) is 25.1 Å². The van der Waals surface area contributed by atoms with Crippen LogP contribution in [-0.4, -0.2) is 57.0 Å². The van der Waals surface area contributed by atoms with Gasteiger partial charge in [0.05, 0.1) is 13.2 Å². The maximum absolute atomic E-state index is 12.0. The Hall–Kier alpha value is -1.30. The van der Waals surface area contributed by atoms with E-state index in [1.807, 2.05) is 19.0 Å². The van der Waals surface area contributed by atoms with Crippen LogP contribution in [-0.2, 0) is 19.0 Å². The van der Waals surface area contributed by atoms with E-state index in [1.54, 1.807) is 6.42 Å². The topological polar surface area (TPSA) is 65.1 Å². The minimum atomic E-state index is -0.643. The number of hydrogen-bond donors (Lipinski definition) is 0. The van der Waals surface area contributed by atoms with E-state index in [0.29, 0.717) is 13.0 Å². The number of hydrogen-bond acceptors (Lipinski definition) is 6. The molecule has 0 aromatic carbocycles. The lowest BCUT2D eigenvalue weighted by Gasteiger charge is -2.18. The Kier molecular flexibility index (Phi) is 21.0. The van der Waals surface area contributed by atoms with Crippen molar-refractivity contribution < 1.29 is 23.8 Å².